The molecule has 0 amide bonds. The molecule has 0 spiro atoms. The minimum Gasteiger partial charge on any atom is -0.481 e. The van der Waals surface area contributed by atoms with Crippen molar-refractivity contribution in [2.75, 3.05) is 0 Å². The summed E-state index contributed by atoms with van der Waals surface area (Å²) in [6.45, 7) is 1.83. The van der Waals surface area contributed by atoms with E-state index in [0.717, 1.165) is 28.7 Å². The summed E-state index contributed by atoms with van der Waals surface area (Å²) < 4.78 is 5.69. The molecule has 0 radical (unpaired) electrons. The Kier molecular flexibility index (Phi) is 3.18. The lowest BCUT2D eigenvalue weighted by atomic mass is 9.79. The van der Waals surface area contributed by atoms with Crippen LogP contribution in [0.5, 0.6) is 0 Å². The first-order chi connectivity index (χ1) is 9.56. The molecule has 0 bridgehead atoms. The topological polar surface area (TPSA) is 63.6 Å². The fourth-order valence-electron chi connectivity index (χ4n) is 3.18. The van der Waals surface area contributed by atoms with E-state index in [1.165, 1.54) is 0 Å². The summed E-state index contributed by atoms with van der Waals surface area (Å²) >= 11 is 0. The van der Waals surface area contributed by atoms with Crippen LogP contribution in [0.1, 0.15) is 35.7 Å². The van der Waals surface area contributed by atoms with Crippen LogP contribution in [-0.2, 0) is 16.0 Å². The number of ketones is 1. The van der Waals surface area contributed by atoms with Gasteiger partial charge < -0.3 is 9.84 Å². The summed E-state index contributed by atoms with van der Waals surface area (Å²) in [5.74, 6) is -0.836. The average Bonchev–Trinajstić information content (AvgIpc) is 2.37. The first-order valence-corrected chi connectivity index (χ1v) is 6.78. The van der Waals surface area contributed by atoms with Crippen molar-refractivity contribution in [1.82, 2.24) is 0 Å². The molecule has 1 aromatic rings. The van der Waals surface area contributed by atoms with Crippen LogP contribution < -0.4 is 0 Å². The van der Waals surface area contributed by atoms with Crippen LogP contribution in [0, 0.1) is 0 Å². The molecule has 3 rings (SSSR count). The maximum atomic E-state index is 12.5. The Hall–Kier alpha value is -1.94. The van der Waals surface area contributed by atoms with E-state index in [1.54, 1.807) is 0 Å². The summed E-state index contributed by atoms with van der Waals surface area (Å²) in [4.78, 5) is 23.4. The van der Waals surface area contributed by atoms with E-state index in [9.17, 15) is 9.59 Å². The molecule has 1 heterocycles. The third-order valence-electron chi connectivity index (χ3n) is 3.97. The van der Waals surface area contributed by atoms with Gasteiger partial charge in [-0.25, -0.2) is 0 Å². The number of carboxylic acids is 1. The van der Waals surface area contributed by atoms with Crippen molar-refractivity contribution in [2.45, 2.75) is 38.4 Å². The molecule has 4 nitrogen and oxygen atoms in total. The zero-order chi connectivity index (χ0) is 14.3. The van der Waals surface area contributed by atoms with Gasteiger partial charge in [-0.2, -0.15) is 0 Å². The van der Waals surface area contributed by atoms with Gasteiger partial charge >= 0.3 is 5.97 Å². The van der Waals surface area contributed by atoms with Crippen LogP contribution in [0.15, 0.2) is 35.4 Å². The Balaban J connectivity index is 1.94. The summed E-state index contributed by atoms with van der Waals surface area (Å²) in [7, 11) is 0. The van der Waals surface area contributed by atoms with E-state index < -0.39 is 5.97 Å². The Labute approximate surface area is 117 Å². The Morgan fingerprint density at radius 3 is 2.90 bits per heavy atom. The number of carbonyl (C=O) groups is 2. The molecule has 0 saturated carbocycles. The minimum atomic E-state index is -0.867. The number of benzene rings is 1. The van der Waals surface area contributed by atoms with Crippen molar-refractivity contribution in [2.24, 2.45) is 0 Å². The van der Waals surface area contributed by atoms with Crippen LogP contribution in [0.3, 0.4) is 0 Å². The van der Waals surface area contributed by atoms with Crippen molar-refractivity contribution in [3.8, 4) is 0 Å². The number of aliphatic carboxylic acids is 1. The SMILES string of the molecule is C[C@H]1O[C@H](CC(=O)O)CC2=C1C(=O)c1ccccc1C2. The number of rotatable bonds is 2. The monoisotopic (exact) mass is 272 g/mol. The van der Waals surface area contributed by atoms with Gasteiger partial charge in [-0.3, -0.25) is 9.59 Å². The highest BCUT2D eigenvalue weighted by atomic mass is 16.5. The van der Waals surface area contributed by atoms with Gasteiger partial charge in [0, 0.05) is 11.1 Å². The van der Waals surface area contributed by atoms with Gasteiger partial charge in [-0.1, -0.05) is 29.8 Å². The number of fused-ring (bicyclic) bond motifs is 1. The van der Waals surface area contributed by atoms with Crippen molar-refractivity contribution < 1.29 is 19.4 Å². The van der Waals surface area contributed by atoms with E-state index in [0.29, 0.717) is 6.42 Å². The lowest BCUT2D eigenvalue weighted by Gasteiger charge is -2.34. The minimum absolute atomic E-state index is 0.0169. The second kappa shape index (κ2) is 4.87. The maximum absolute atomic E-state index is 12.5. The Morgan fingerprint density at radius 1 is 1.40 bits per heavy atom. The highest BCUT2D eigenvalue weighted by molar-refractivity contribution is 6.12. The zero-order valence-corrected chi connectivity index (χ0v) is 11.3. The van der Waals surface area contributed by atoms with Gasteiger partial charge in [0.25, 0.3) is 0 Å². The molecule has 0 unspecified atom stereocenters. The first kappa shape index (κ1) is 13.1. The Morgan fingerprint density at radius 2 is 2.15 bits per heavy atom. The summed E-state index contributed by atoms with van der Waals surface area (Å²) in [6, 6.07) is 7.60. The molecule has 1 aliphatic heterocycles. The van der Waals surface area contributed by atoms with Crippen molar-refractivity contribution in [3.63, 3.8) is 0 Å². The molecule has 1 aliphatic carbocycles. The largest absolute Gasteiger partial charge is 0.481 e. The van der Waals surface area contributed by atoms with Crippen molar-refractivity contribution >= 4 is 11.8 Å². The molecular weight excluding hydrogens is 256 g/mol. The molecule has 0 aromatic heterocycles. The number of hydrogen-bond acceptors (Lipinski definition) is 3. The number of ether oxygens (including phenoxy) is 1. The highest BCUT2D eigenvalue weighted by Gasteiger charge is 2.35. The van der Waals surface area contributed by atoms with Gasteiger partial charge in [0.15, 0.2) is 5.78 Å². The number of Topliss-reactive ketones (excluding diaryl/α,β-unsaturated/α-hetero) is 1. The quantitative estimate of drug-likeness (QED) is 0.897. The molecule has 0 fully saturated rings. The van der Waals surface area contributed by atoms with Gasteiger partial charge in [0.05, 0.1) is 18.6 Å². The van der Waals surface area contributed by atoms with Gasteiger partial charge in [-0.05, 0) is 25.3 Å². The van der Waals surface area contributed by atoms with E-state index >= 15 is 0 Å². The smallest absolute Gasteiger partial charge is 0.305 e. The summed E-state index contributed by atoms with van der Waals surface area (Å²) in [5, 5.41) is 8.89. The van der Waals surface area contributed by atoms with Gasteiger partial charge in [0.1, 0.15) is 0 Å². The normalized spacial score (nSPS) is 25.1. The van der Waals surface area contributed by atoms with Crippen LogP contribution >= 0.6 is 0 Å². The molecule has 20 heavy (non-hydrogen) atoms. The second-order valence-corrected chi connectivity index (χ2v) is 5.38. The molecule has 2 atom stereocenters. The summed E-state index contributed by atoms with van der Waals surface area (Å²) in [5.41, 5.74) is 3.54. The first-order valence-electron chi connectivity index (χ1n) is 6.78. The van der Waals surface area contributed by atoms with Crippen LogP contribution in [0.2, 0.25) is 0 Å². The molecule has 4 heteroatoms. The number of carbonyl (C=O) groups excluding carboxylic acids is 1. The molecule has 1 aromatic carbocycles. The third-order valence-corrected chi connectivity index (χ3v) is 3.97. The van der Waals surface area contributed by atoms with E-state index in [1.807, 2.05) is 31.2 Å². The van der Waals surface area contributed by atoms with E-state index in [-0.39, 0.29) is 24.4 Å². The molecule has 104 valence electrons. The van der Waals surface area contributed by atoms with Crippen LogP contribution in [-0.4, -0.2) is 29.1 Å². The average molecular weight is 272 g/mol. The van der Waals surface area contributed by atoms with Gasteiger partial charge in [0.2, 0.25) is 0 Å². The fraction of sp³-hybridized carbons (Fsp3) is 0.375. The fourth-order valence-corrected chi connectivity index (χ4v) is 3.18. The maximum Gasteiger partial charge on any atom is 0.305 e. The molecule has 1 N–H and O–H groups in total. The lowest BCUT2D eigenvalue weighted by molar-refractivity contribution is -0.141. The predicted octanol–water partition coefficient (Wildman–Crippen LogP) is 2.37. The second-order valence-electron chi connectivity index (χ2n) is 5.38. The van der Waals surface area contributed by atoms with Crippen molar-refractivity contribution in [3.05, 3.63) is 46.5 Å². The number of carboxylic acid groups (broad SMARTS) is 1. The summed E-state index contributed by atoms with van der Waals surface area (Å²) in [6.07, 6.45) is 0.577. The van der Waals surface area contributed by atoms with E-state index in [4.69, 9.17) is 9.84 Å². The molecular formula is C16H16O4. The predicted molar refractivity (Wildman–Crippen MR) is 72.7 cm³/mol. The number of hydrogen-bond donors (Lipinski definition) is 1. The highest BCUT2D eigenvalue weighted by Crippen LogP contribution is 2.36. The standard InChI is InChI=1S/C16H16O4/c1-9-15-11(7-12(20-9)8-14(17)18)6-10-4-2-3-5-13(10)16(15)19/h2-5,9,12H,6-8H2,1H3,(H,17,18)/t9-,12+/m1/s1. The Bertz CT molecular complexity index is 615. The zero-order valence-electron chi connectivity index (χ0n) is 11.3. The van der Waals surface area contributed by atoms with Crippen LogP contribution in [0.25, 0.3) is 0 Å². The van der Waals surface area contributed by atoms with Crippen LogP contribution in [0.4, 0.5) is 0 Å². The molecule has 0 saturated heterocycles. The lowest BCUT2D eigenvalue weighted by Crippen LogP contribution is -2.35. The van der Waals surface area contributed by atoms with Crippen molar-refractivity contribution in [1.29, 1.82) is 0 Å². The van der Waals surface area contributed by atoms with Gasteiger partial charge in [-0.15, -0.1) is 0 Å². The van der Waals surface area contributed by atoms with E-state index in [2.05, 4.69) is 0 Å². The molecule has 2 aliphatic rings. The third kappa shape index (κ3) is 2.16.